The molecule has 2 aromatic rings. The van der Waals surface area contributed by atoms with E-state index in [0.717, 1.165) is 0 Å². The number of benzene rings is 1. The third-order valence-electron chi connectivity index (χ3n) is 2.24. The highest BCUT2D eigenvalue weighted by Gasteiger charge is 2.15. The molecule has 2 nitrogen and oxygen atoms in total. The molecule has 0 aliphatic carbocycles. The first-order valence-corrected chi connectivity index (χ1v) is 6.38. The van der Waals surface area contributed by atoms with Crippen LogP contribution in [-0.4, -0.2) is 12.9 Å². The van der Waals surface area contributed by atoms with Crippen molar-refractivity contribution in [1.82, 2.24) is 0 Å². The van der Waals surface area contributed by atoms with Gasteiger partial charge in [-0.15, -0.1) is 11.3 Å². The average Bonchev–Trinajstić information content (AvgIpc) is 2.74. The number of halogens is 2. The Morgan fingerprint density at radius 2 is 2.00 bits per heavy atom. The monoisotopic (exact) mass is 286 g/mol. The summed E-state index contributed by atoms with van der Waals surface area (Å²) in [5.74, 6) is 0.412. The minimum Gasteiger partial charge on any atom is -0.495 e. The van der Waals surface area contributed by atoms with Crippen molar-refractivity contribution in [2.24, 2.45) is 0 Å². The van der Waals surface area contributed by atoms with E-state index >= 15 is 0 Å². The van der Waals surface area contributed by atoms with Gasteiger partial charge in [-0.05, 0) is 29.6 Å². The van der Waals surface area contributed by atoms with Gasteiger partial charge < -0.3 is 4.74 Å². The van der Waals surface area contributed by atoms with Gasteiger partial charge in [0.25, 0.3) is 0 Å². The molecule has 0 spiro atoms. The van der Waals surface area contributed by atoms with Gasteiger partial charge in [-0.1, -0.05) is 23.2 Å². The molecule has 0 N–H and O–H groups in total. The van der Waals surface area contributed by atoms with Gasteiger partial charge in [0.15, 0.2) is 0 Å². The lowest BCUT2D eigenvalue weighted by molar-refractivity contribution is 0.104. The number of ketones is 1. The van der Waals surface area contributed by atoms with Gasteiger partial charge in [0.2, 0.25) is 5.78 Å². The summed E-state index contributed by atoms with van der Waals surface area (Å²) in [6, 6.07) is 6.61. The van der Waals surface area contributed by atoms with Crippen molar-refractivity contribution in [1.29, 1.82) is 0 Å². The molecule has 88 valence electrons. The molecule has 17 heavy (non-hydrogen) atoms. The van der Waals surface area contributed by atoms with Gasteiger partial charge in [-0.3, -0.25) is 4.79 Å². The topological polar surface area (TPSA) is 26.3 Å². The number of hydrogen-bond acceptors (Lipinski definition) is 3. The smallest absolute Gasteiger partial charge is 0.204 e. The first-order chi connectivity index (χ1) is 8.13. The number of thiophene rings is 1. The molecule has 1 heterocycles. The van der Waals surface area contributed by atoms with Crippen LogP contribution < -0.4 is 4.74 Å². The van der Waals surface area contributed by atoms with Gasteiger partial charge in [-0.2, -0.15) is 0 Å². The Morgan fingerprint density at radius 1 is 1.24 bits per heavy atom. The number of rotatable bonds is 3. The fourth-order valence-electron chi connectivity index (χ4n) is 1.39. The minimum atomic E-state index is -0.130. The maximum atomic E-state index is 12.1. The van der Waals surface area contributed by atoms with Crippen molar-refractivity contribution < 1.29 is 9.53 Å². The largest absolute Gasteiger partial charge is 0.495 e. The molecule has 0 fully saturated rings. The first-order valence-electron chi connectivity index (χ1n) is 4.74. The molecule has 0 amide bonds. The fraction of sp³-hybridized carbons (Fsp3) is 0.0833. The van der Waals surface area contributed by atoms with E-state index in [4.69, 9.17) is 27.9 Å². The SMILES string of the molecule is COc1ccc(C(=O)c2sccc2Cl)cc1Cl. The van der Waals surface area contributed by atoms with Gasteiger partial charge in [0, 0.05) is 5.56 Å². The Morgan fingerprint density at radius 3 is 2.53 bits per heavy atom. The van der Waals surface area contributed by atoms with Crippen molar-refractivity contribution in [2.75, 3.05) is 7.11 Å². The zero-order valence-electron chi connectivity index (χ0n) is 8.87. The van der Waals surface area contributed by atoms with E-state index in [9.17, 15) is 4.79 Å². The van der Waals surface area contributed by atoms with Crippen LogP contribution in [0.1, 0.15) is 15.2 Å². The van der Waals surface area contributed by atoms with Crippen LogP contribution in [0.15, 0.2) is 29.6 Å². The summed E-state index contributed by atoms with van der Waals surface area (Å²) >= 11 is 13.2. The van der Waals surface area contributed by atoms with Crippen molar-refractivity contribution in [2.45, 2.75) is 0 Å². The van der Waals surface area contributed by atoms with Gasteiger partial charge >= 0.3 is 0 Å². The van der Waals surface area contributed by atoms with Crippen LogP contribution >= 0.6 is 34.5 Å². The van der Waals surface area contributed by atoms with E-state index in [1.807, 2.05) is 0 Å². The average molecular weight is 287 g/mol. The highest BCUT2D eigenvalue weighted by Crippen LogP contribution is 2.29. The van der Waals surface area contributed by atoms with Crippen LogP contribution in [0.2, 0.25) is 10.0 Å². The lowest BCUT2D eigenvalue weighted by Crippen LogP contribution is -1.99. The van der Waals surface area contributed by atoms with Gasteiger partial charge in [-0.25, -0.2) is 0 Å². The molecular formula is C12H8Cl2O2S. The number of carbonyl (C=O) groups is 1. The van der Waals surface area contributed by atoms with Gasteiger partial charge in [0.1, 0.15) is 5.75 Å². The van der Waals surface area contributed by atoms with Crippen LogP contribution in [-0.2, 0) is 0 Å². The summed E-state index contributed by atoms with van der Waals surface area (Å²) < 4.78 is 5.03. The van der Waals surface area contributed by atoms with Crippen LogP contribution in [0.5, 0.6) is 5.75 Å². The second-order valence-electron chi connectivity index (χ2n) is 3.28. The second kappa shape index (κ2) is 5.08. The summed E-state index contributed by atoms with van der Waals surface area (Å²) in [5.41, 5.74) is 0.500. The quantitative estimate of drug-likeness (QED) is 0.787. The van der Waals surface area contributed by atoms with Crippen LogP contribution in [0.4, 0.5) is 0 Å². The molecule has 0 saturated heterocycles. The van der Waals surface area contributed by atoms with E-state index in [-0.39, 0.29) is 5.78 Å². The number of ether oxygens (including phenoxy) is 1. The lowest BCUT2D eigenvalue weighted by atomic mass is 10.1. The molecule has 2 rings (SSSR count). The van der Waals surface area contributed by atoms with E-state index in [1.54, 1.807) is 29.6 Å². The molecule has 1 aromatic carbocycles. The number of carbonyl (C=O) groups excluding carboxylic acids is 1. The van der Waals surface area contributed by atoms with Crippen molar-refractivity contribution in [3.05, 3.63) is 50.1 Å². The molecule has 0 radical (unpaired) electrons. The highest BCUT2D eigenvalue weighted by molar-refractivity contribution is 7.13. The predicted octanol–water partition coefficient (Wildman–Crippen LogP) is 4.29. The van der Waals surface area contributed by atoms with Crippen molar-refractivity contribution in [3.63, 3.8) is 0 Å². The van der Waals surface area contributed by atoms with Crippen molar-refractivity contribution >= 4 is 40.3 Å². The fourth-order valence-corrected chi connectivity index (χ4v) is 2.76. The Hall–Kier alpha value is -1.03. The van der Waals surface area contributed by atoms with Gasteiger partial charge in [0.05, 0.1) is 22.0 Å². The second-order valence-corrected chi connectivity index (χ2v) is 5.01. The Labute approximate surface area is 113 Å². The molecule has 0 aliphatic heterocycles. The molecule has 0 atom stereocenters. The summed E-state index contributed by atoms with van der Waals surface area (Å²) in [5, 5.41) is 2.65. The Kier molecular flexibility index (Phi) is 3.72. The summed E-state index contributed by atoms with van der Waals surface area (Å²) in [7, 11) is 1.53. The highest BCUT2D eigenvalue weighted by atomic mass is 35.5. The summed E-state index contributed by atoms with van der Waals surface area (Å²) in [6.07, 6.45) is 0. The molecule has 0 unspecified atom stereocenters. The minimum absolute atomic E-state index is 0.130. The van der Waals surface area contributed by atoms with Crippen LogP contribution in [0, 0.1) is 0 Å². The molecule has 1 aromatic heterocycles. The van der Waals surface area contributed by atoms with E-state index < -0.39 is 0 Å². The normalized spacial score (nSPS) is 10.3. The standard InChI is InChI=1S/C12H8Cl2O2S/c1-16-10-3-2-7(6-9(10)14)11(15)12-8(13)4-5-17-12/h2-6H,1H3. The van der Waals surface area contributed by atoms with E-state index in [0.29, 0.717) is 26.2 Å². The van der Waals surface area contributed by atoms with E-state index in [2.05, 4.69) is 0 Å². The molecule has 0 saturated carbocycles. The van der Waals surface area contributed by atoms with Crippen LogP contribution in [0.25, 0.3) is 0 Å². The molecule has 0 bridgehead atoms. The Balaban J connectivity index is 2.39. The number of hydrogen-bond donors (Lipinski definition) is 0. The van der Waals surface area contributed by atoms with E-state index in [1.165, 1.54) is 18.4 Å². The van der Waals surface area contributed by atoms with Crippen molar-refractivity contribution in [3.8, 4) is 5.75 Å². The molecule has 5 heteroatoms. The Bertz CT molecular complexity index is 563. The third-order valence-corrected chi connectivity index (χ3v) is 3.87. The van der Waals surface area contributed by atoms with Crippen LogP contribution in [0.3, 0.4) is 0 Å². The molecular weight excluding hydrogens is 279 g/mol. The predicted molar refractivity (Wildman–Crippen MR) is 70.8 cm³/mol. The maximum Gasteiger partial charge on any atom is 0.204 e. The zero-order valence-corrected chi connectivity index (χ0v) is 11.2. The zero-order chi connectivity index (χ0) is 12.4. The maximum absolute atomic E-state index is 12.1. The summed E-state index contributed by atoms with van der Waals surface area (Å²) in [4.78, 5) is 12.6. The first kappa shape index (κ1) is 12.4. The lowest BCUT2D eigenvalue weighted by Gasteiger charge is -2.04. The summed E-state index contributed by atoms with van der Waals surface area (Å²) in [6.45, 7) is 0. The molecule has 0 aliphatic rings. The third kappa shape index (κ3) is 2.46. The number of methoxy groups -OCH3 is 1.